The molecule has 1 aliphatic heterocycles. The van der Waals surface area contributed by atoms with Gasteiger partial charge in [-0.1, -0.05) is 6.07 Å². The highest BCUT2D eigenvalue weighted by Crippen LogP contribution is 2.23. The number of urea groups is 1. The largest absolute Gasteiger partial charge is 0.492 e. The summed E-state index contributed by atoms with van der Waals surface area (Å²) in [6.07, 6.45) is 5.23. The van der Waals surface area contributed by atoms with Gasteiger partial charge in [0.2, 0.25) is 0 Å². The Hall–Kier alpha value is -2.62. The van der Waals surface area contributed by atoms with E-state index in [1.54, 1.807) is 6.08 Å². The number of likely N-dealkylation sites (N-methyl/N-ethyl adjacent to an activating group) is 1. The zero-order valence-electron chi connectivity index (χ0n) is 18.5. The number of methoxy groups -OCH3 is 1. The van der Waals surface area contributed by atoms with E-state index in [1.807, 2.05) is 18.2 Å². The number of hydrogen-bond donors (Lipinski definition) is 2. The highest BCUT2D eigenvalue weighted by Gasteiger charge is 2.13. The molecule has 0 spiro atoms. The molecule has 0 bridgehead atoms. The van der Waals surface area contributed by atoms with Gasteiger partial charge in [-0.3, -0.25) is 10.1 Å². The molecule has 0 saturated carbocycles. The monoisotopic (exact) mass is 434 g/mol. The van der Waals surface area contributed by atoms with E-state index in [4.69, 9.17) is 10.5 Å². The van der Waals surface area contributed by atoms with Crippen molar-refractivity contribution in [1.82, 2.24) is 14.9 Å². The van der Waals surface area contributed by atoms with E-state index in [-0.39, 0.29) is 6.54 Å². The number of hydroxylamine groups is 2. The Morgan fingerprint density at radius 1 is 1.23 bits per heavy atom. The number of nitrogens with zero attached hydrogens (tertiary/aromatic N) is 3. The molecule has 0 aromatic heterocycles. The predicted octanol–water partition coefficient (Wildman–Crippen LogP) is 1.59. The van der Waals surface area contributed by atoms with E-state index in [9.17, 15) is 14.8 Å². The molecule has 1 heterocycles. The molecule has 0 radical (unpaired) electrons. The average Bonchev–Trinajstić information content (AvgIpc) is 2.77. The quantitative estimate of drug-likeness (QED) is 0.179. The molecule has 31 heavy (non-hydrogen) atoms. The van der Waals surface area contributed by atoms with Crippen molar-refractivity contribution < 1.29 is 24.3 Å². The van der Waals surface area contributed by atoms with Crippen LogP contribution in [-0.2, 0) is 16.0 Å². The van der Waals surface area contributed by atoms with Gasteiger partial charge in [0.05, 0.1) is 13.7 Å². The molecule has 1 fully saturated rings. The van der Waals surface area contributed by atoms with E-state index in [2.05, 4.69) is 21.6 Å². The number of amides is 2. The molecule has 3 N–H and O–H groups in total. The topological polar surface area (TPSA) is 109 Å². The number of esters is 1. The maximum absolute atomic E-state index is 11.5. The molecular weight excluding hydrogens is 400 g/mol. The lowest BCUT2D eigenvalue weighted by Gasteiger charge is -2.32. The van der Waals surface area contributed by atoms with Crippen LogP contribution in [0.25, 0.3) is 6.08 Å². The first kappa shape index (κ1) is 24.6. The van der Waals surface area contributed by atoms with Crippen LogP contribution < -0.4 is 10.5 Å². The van der Waals surface area contributed by atoms with Gasteiger partial charge in [0.25, 0.3) is 0 Å². The summed E-state index contributed by atoms with van der Waals surface area (Å²) < 4.78 is 10.7. The summed E-state index contributed by atoms with van der Waals surface area (Å²) in [5, 5.41) is 9.84. The van der Waals surface area contributed by atoms with Crippen molar-refractivity contribution in [2.24, 2.45) is 5.73 Å². The van der Waals surface area contributed by atoms with Crippen molar-refractivity contribution >= 4 is 18.1 Å². The maximum atomic E-state index is 11.5. The van der Waals surface area contributed by atoms with Gasteiger partial charge in [-0.2, -0.15) is 0 Å². The molecule has 9 heteroatoms. The van der Waals surface area contributed by atoms with Crippen LogP contribution in [0.1, 0.15) is 24.0 Å². The van der Waals surface area contributed by atoms with E-state index in [1.165, 1.54) is 13.2 Å². The number of carbonyl (C=O) groups excluding carboxylic acids is 2. The van der Waals surface area contributed by atoms with Crippen molar-refractivity contribution in [3.05, 3.63) is 35.4 Å². The number of benzene rings is 1. The predicted molar refractivity (Wildman–Crippen MR) is 118 cm³/mol. The summed E-state index contributed by atoms with van der Waals surface area (Å²) in [7, 11) is 3.47. The number of rotatable bonds is 11. The number of aryl methyl sites for hydroxylation is 1. The van der Waals surface area contributed by atoms with Gasteiger partial charge in [-0.25, -0.2) is 14.7 Å². The fourth-order valence-corrected chi connectivity index (χ4v) is 3.30. The molecule has 0 aliphatic carbocycles. The van der Waals surface area contributed by atoms with Crippen molar-refractivity contribution in [2.75, 3.05) is 60.0 Å². The SMILES string of the molecule is COC(=O)C=Cc1cc(CCCCN(O)C(N)=O)ccc1OCCN1CCN(C)CC1. The first-order chi connectivity index (χ1) is 14.9. The molecule has 1 aromatic carbocycles. The zero-order chi connectivity index (χ0) is 22.6. The van der Waals surface area contributed by atoms with Crippen LogP contribution in [-0.4, -0.2) is 92.1 Å². The molecular formula is C22H34N4O5. The second-order valence-electron chi connectivity index (χ2n) is 7.64. The smallest absolute Gasteiger partial charge is 0.338 e. The van der Waals surface area contributed by atoms with E-state index >= 15 is 0 Å². The lowest BCUT2D eigenvalue weighted by Crippen LogP contribution is -2.45. The number of ether oxygens (including phenoxy) is 2. The second kappa shape index (κ2) is 12.9. The van der Waals surface area contributed by atoms with Crippen LogP contribution in [0, 0.1) is 0 Å². The van der Waals surface area contributed by atoms with Gasteiger partial charge in [0.1, 0.15) is 12.4 Å². The molecule has 2 rings (SSSR count). The molecule has 1 aromatic rings. The number of piperazine rings is 1. The highest BCUT2D eigenvalue weighted by atomic mass is 16.5. The summed E-state index contributed by atoms with van der Waals surface area (Å²) in [4.78, 5) is 27.1. The van der Waals surface area contributed by atoms with Crippen molar-refractivity contribution in [1.29, 1.82) is 0 Å². The Bertz CT molecular complexity index is 747. The molecule has 0 atom stereocenters. The van der Waals surface area contributed by atoms with E-state index in [0.717, 1.165) is 56.7 Å². The van der Waals surface area contributed by atoms with Gasteiger partial charge in [-0.05, 0) is 50.1 Å². The van der Waals surface area contributed by atoms with Crippen LogP contribution in [0.2, 0.25) is 0 Å². The highest BCUT2D eigenvalue weighted by molar-refractivity contribution is 5.87. The average molecular weight is 435 g/mol. The number of nitrogens with two attached hydrogens (primary N) is 1. The van der Waals surface area contributed by atoms with Crippen molar-refractivity contribution in [2.45, 2.75) is 19.3 Å². The Morgan fingerprint density at radius 2 is 1.97 bits per heavy atom. The summed E-state index contributed by atoms with van der Waals surface area (Å²) in [5.74, 6) is 0.288. The maximum Gasteiger partial charge on any atom is 0.338 e. The second-order valence-corrected chi connectivity index (χ2v) is 7.64. The summed E-state index contributed by atoms with van der Waals surface area (Å²) in [6.45, 7) is 5.82. The standard InChI is InChI=1S/C22H34N4O5/c1-24-11-13-25(14-12-24)15-16-31-20-8-6-18(5-3-4-10-26(29)22(23)28)17-19(20)7-9-21(27)30-2/h6-9,17,29H,3-5,10-16H2,1-2H3,(H2,23,28). The Labute approximate surface area is 183 Å². The lowest BCUT2D eigenvalue weighted by molar-refractivity contribution is -0.134. The molecule has 2 amide bonds. The van der Waals surface area contributed by atoms with Gasteiger partial charge in [0, 0.05) is 44.4 Å². The summed E-state index contributed by atoms with van der Waals surface area (Å²) in [5.41, 5.74) is 6.88. The minimum absolute atomic E-state index is 0.192. The fraction of sp³-hybridized carbons (Fsp3) is 0.545. The first-order valence-corrected chi connectivity index (χ1v) is 10.6. The molecule has 172 valence electrons. The molecule has 1 saturated heterocycles. The first-order valence-electron chi connectivity index (χ1n) is 10.6. The van der Waals surface area contributed by atoms with Gasteiger partial charge < -0.3 is 20.1 Å². The number of unbranched alkanes of at least 4 members (excludes halogenated alkanes) is 1. The fourth-order valence-electron chi connectivity index (χ4n) is 3.30. The summed E-state index contributed by atoms with van der Waals surface area (Å²) in [6, 6.07) is 5.03. The van der Waals surface area contributed by atoms with E-state index < -0.39 is 12.0 Å². The number of carbonyl (C=O) groups is 2. The third-order valence-electron chi connectivity index (χ3n) is 5.28. The lowest BCUT2D eigenvalue weighted by atomic mass is 10.0. The van der Waals surface area contributed by atoms with Gasteiger partial charge in [0.15, 0.2) is 0 Å². The normalized spacial score (nSPS) is 15.2. The zero-order valence-corrected chi connectivity index (χ0v) is 18.5. The third-order valence-corrected chi connectivity index (χ3v) is 5.28. The van der Waals surface area contributed by atoms with Crippen LogP contribution >= 0.6 is 0 Å². The Balaban J connectivity index is 1.93. The Morgan fingerprint density at radius 3 is 2.65 bits per heavy atom. The van der Waals surface area contributed by atoms with Crippen molar-refractivity contribution in [3.8, 4) is 5.75 Å². The van der Waals surface area contributed by atoms with Crippen LogP contribution in [0.3, 0.4) is 0 Å². The van der Waals surface area contributed by atoms with Crippen LogP contribution in [0.15, 0.2) is 24.3 Å². The van der Waals surface area contributed by atoms with Gasteiger partial charge >= 0.3 is 12.0 Å². The third kappa shape index (κ3) is 8.95. The molecule has 0 unspecified atom stereocenters. The minimum atomic E-state index is -0.853. The van der Waals surface area contributed by atoms with Crippen LogP contribution in [0.4, 0.5) is 4.79 Å². The van der Waals surface area contributed by atoms with Crippen LogP contribution in [0.5, 0.6) is 5.75 Å². The van der Waals surface area contributed by atoms with Gasteiger partial charge in [-0.15, -0.1) is 0 Å². The number of primary amides is 1. The molecule has 9 nitrogen and oxygen atoms in total. The summed E-state index contributed by atoms with van der Waals surface area (Å²) >= 11 is 0. The Kier molecular flexibility index (Phi) is 10.3. The van der Waals surface area contributed by atoms with Crippen molar-refractivity contribution in [3.63, 3.8) is 0 Å². The number of hydrogen-bond acceptors (Lipinski definition) is 7. The minimum Gasteiger partial charge on any atom is -0.492 e. The van der Waals surface area contributed by atoms with E-state index in [0.29, 0.717) is 23.8 Å². The molecule has 1 aliphatic rings.